The van der Waals surface area contributed by atoms with Gasteiger partial charge in [0.25, 0.3) is 0 Å². The molecule has 0 aromatic heterocycles. The summed E-state index contributed by atoms with van der Waals surface area (Å²) in [5.74, 6) is 0.862. The number of nitrogens with zero attached hydrogens (tertiary/aromatic N) is 2. The highest BCUT2D eigenvalue weighted by Crippen LogP contribution is 2.33. The fourth-order valence-electron chi connectivity index (χ4n) is 3.64. The van der Waals surface area contributed by atoms with E-state index in [-0.39, 0.29) is 6.54 Å². The first-order valence-electron chi connectivity index (χ1n) is 8.74. The number of rotatable bonds is 5. The number of carbonyl (C=O) groups excluding carboxylic acids is 1. The van der Waals surface area contributed by atoms with E-state index >= 15 is 0 Å². The maximum absolute atomic E-state index is 11.1. The summed E-state index contributed by atoms with van der Waals surface area (Å²) in [5, 5.41) is 10.1. The Morgan fingerprint density at radius 2 is 2.12 bits per heavy atom. The van der Waals surface area contributed by atoms with Crippen molar-refractivity contribution in [3.05, 3.63) is 58.7 Å². The molecule has 0 bridgehead atoms. The van der Waals surface area contributed by atoms with Crippen LogP contribution in [-0.4, -0.2) is 30.0 Å². The first kappa shape index (κ1) is 18.1. The number of anilines is 1. The van der Waals surface area contributed by atoms with Gasteiger partial charge in [0.1, 0.15) is 5.75 Å². The SMILES string of the molecule is COc1cccc(CN2CCCc3cc(CN(O)C(N)=O)cc(C)c32)c1. The summed E-state index contributed by atoms with van der Waals surface area (Å²) >= 11 is 0. The smallest absolute Gasteiger partial charge is 0.338 e. The summed E-state index contributed by atoms with van der Waals surface area (Å²) < 4.78 is 5.32. The molecule has 6 heteroatoms. The second-order valence-corrected chi connectivity index (χ2v) is 6.69. The molecule has 1 heterocycles. The quantitative estimate of drug-likeness (QED) is 0.637. The average Bonchev–Trinajstić information content (AvgIpc) is 2.61. The number of amides is 2. The van der Waals surface area contributed by atoms with E-state index in [2.05, 4.69) is 30.0 Å². The first-order valence-corrected chi connectivity index (χ1v) is 8.74. The molecule has 0 atom stereocenters. The Morgan fingerprint density at radius 1 is 1.31 bits per heavy atom. The van der Waals surface area contributed by atoms with Crippen molar-refractivity contribution < 1.29 is 14.7 Å². The highest BCUT2D eigenvalue weighted by Gasteiger charge is 2.21. The molecule has 26 heavy (non-hydrogen) atoms. The maximum Gasteiger partial charge on any atom is 0.338 e. The van der Waals surface area contributed by atoms with Gasteiger partial charge < -0.3 is 15.4 Å². The molecule has 0 saturated carbocycles. The molecule has 0 fully saturated rings. The number of hydroxylamine groups is 2. The van der Waals surface area contributed by atoms with Crippen molar-refractivity contribution in [2.24, 2.45) is 5.73 Å². The highest BCUT2D eigenvalue weighted by atomic mass is 16.5. The van der Waals surface area contributed by atoms with Crippen molar-refractivity contribution in [3.63, 3.8) is 0 Å². The minimum absolute atomic E-state index is 0.0966. The van der Waals surface area contributed by atoms with Gasteiger partial charge in [-0.3, -0.25) is 5.21 Å². The predicted molar refractivity (Wildman–Crippen MR) is 100 cm³/mol. The molecule has 2 aromatic carbocycles. The van der Waals surface area contributed by atoms with Crippen molar-refractivity contribution in [3.8, 4) is 5.75 Å². The molecule has 0 saturated heterocycles. The fraction of sp³-hybridized carbons (Fsp3) is 0.350. The molecule has 1 aliphatic rings. The largest absolute Gasteiger partial charge is 0.497 e. The van der Waals surface area contributed by atoms with E-state index in [1.165, 1.54) is 16.8 Å². The van der Waals surface area contributed by atoms with Crippen molar-refractivity contribution in [1.29, 1.82) is 0 Å². The number of methoxy groups -OCH3 is 1. The Kier molecular flexibility index (Phi) is 5.32. The van der Waals surface area contributed by atoms with E-state index in [1.54, 1.807) is 7.11 Å². The third-order valence-electron chi connectivity index (χ3n) is 4.72. The molecule has 0 unspecified atom stereocenters. The zero-order chi connectivity index (χ0) is 18.7. The second-order valence-electron chi connectivity index (χ2n) is 6.69. The van der Waals surface area contributed by atoms with Gasteiger partial charge in [-0.25, -0.2) is 9.86 Å². The van der Waals surface area contributed by atoms with E-state index in [0.717, 1.165) is 42.8 Å². The van der Waals surface area contributed by atoms with Crippen LogP contribution < -0.4 is 15.4 Å². The lowest BCUT2D eigenvalue weighted by molar-refractivity contribution is -0.0470. The highest BCUT2D eigenvalue weighted by molar-refractivity contribution is 5.70. The van der Waals surface area contributed by atoms with Crippen LogP contribution in [0.4, 0.5) is 10.5 Å². The number of fused-ring (bicyclic) bond motifs is 1. The number of ether oxygens (including phenoxy) is 1. The third-order valence-corrected chi connectivity index (χ3v) is 4.72. The van der Waals surface area contributed by atoms with Crippen molar-refractivity contribution >= 4 is 11.7 Å². The number of nitrogens with two attached hydrogens (primary N) is 1. The topological polar surface area (TPSA) is 79.0 Å². The fourth-order valence-corrected chi connectivity index (χ4v) is 3.64. The normalized spacial score (nSPS) is 13.3. The van der Waals surface area contributed by atoms with Crippen LogP contribution in [-0.2, 0) is 19.5 Å². The van der Waals surface area contributed by atoms with Crippen LogP contribution in [0.15, 0.2) is 36.4 Å². The minimum atomic E-state index is -0.847. The van der Waals surface area contributed by atoms with Crippen LogP contribution in [0.2, 0.25) is 0 Å². The summed E-state index contributed by atoms with van der Waals surface area (Å²) in [6.45, 7) is 3.98. The van der Waals surface area contributed by atoms with E-state index < -0.39 is 6.03 Å². The van der Waals surface area contributed by atoms with Crippen LogP contribution in [0.3, 0.4) is 0 Å². The van der Waals surface area contributed by atoms with Crippen LogP contribution >= 0.6 is 0 Å². The van der Waals surface area contributed by atoms with Gasteiger partial charge in [0.2, 0.25) is 0 Å². The van der Waals surface area contributed by atoms with Gasteiger partial charge in [0, 0.05) is 18.8 Å². The number of aryl methyl sites for hydroxylation is 2. The van der Waals surface area contributed by atoms with Gasteiger partial charge in [0.15, 0.2) is 0 Å². The molecular formula is C20H25N3O3. The van der Waals surface area contributed by atoms with Gasteiger partial charge in [-0.2, -0.15) is 0 Å². The number of benzene rings is 2. The number of hydrogen-bond acceptors (Lipinski definition) is 4. The van der Waals surface area contributed by atoms with Crippen LogP contribution in [0, 0.1) is 6.92 Å². The first-order chi connectivity index (χ1) is 12.5. The Hall–Kier alpha value is -2.73. The second kappa shape index (κ2) is 7.66. The van der Waals surface area contributed by atoms with Crippen LogP contribution in [0.25, 0.3) is 0 Å². The molecule has 3 rings (SSSR count). The van der Waals surface area contributed by atoms with Crippen molar-refractivity contribution in [2.75, 3.05) is 18.6 Å². The summed E-state index contributed by atoms with van der Waals surface area (Å²) in [4.78, 5) is 13.5. The molecule has 0 aliphatic carbocycles. The number of urea groups is 1. The Labute approximate surface area is 153 Å². The number of primary amides is 1. The summed E-state index contributed by atoms with van der Waals surface area (Å²) in [6.07, 6.45) is 2.05. The van der Waals surface area contributed by atoms with E-state index in [1.807, 2.05) is 18.2 Å². The lowest BCUT2D eigenvalue weighted by Crippen LogP contribution is -2.32. The molecule has 138 valence electrons. The maximum atomic E-state index is 11.1. The third kappa shape index (κ3) is 3.91. The average molecular weight is 355 g/mol. The minimum Gasteiger partial charge on any atom is -0.497 e. The molecule has 2 amide bonds. The van der Waals surface area contributed by atoms with Gasteiger partial charge in [-0.1, -0.05) is 24.3 Å². The molecule has 0 radical (unpaired) electrons. The monoisotopic (exact) mass is 355 g/mol. The summed E-state index contributed by atoms with van der Waals surface area (Å²) in [5.41, 5.74) is 10.8. The van der Waals surface area contributed by atoms with Gasteiger partial charge in [-0.15, -0.1) is 0 Å². The van der Waals surface area contributed by atoms with Gasteiger partial charge in [-0.05, 0) is 54.2 Å². The van der Waals surface area contributed by atoms with Gasteiger partial charge in [0.05, 0.1) is 13.7 Å². The van der Waals surface area contributed by atoms with Crippen LogP contribution in [0.1, 0.15) is 28.7 Å². The zero-order valence-electron chi connectivity index (χ0n) is 15.2. The van der Waals surface area contributed by atoms with E-state index in [4.69, 9.17) is 10.5 Å². The van der Waals surface area contributed by atoms with E-state index in [0.29, 0.717) is 5.06 Å². The Morgan fingerprint density at radius 3 is 2.85 bits per heavy atom. The predicted octanol–water partition coefficient (Wildman–Crippen LogP) is 3.23. The van der Waals surface area contributed by atoms with Gasteiger partial charge >= 0.3 is 6.03 Å². The van der Waals surface area contributed by atoms with Crippen molar-refractivity contribution in [2.45, 2.75) is 32.9 Å². The number of hydrogen-bond donors (Lipinski definition) is 2. The molecule has 0 spiro atoms. The Balaban J connectivity index is 1.86. The van der Waals surface area contributed by atoms with Crippen molar-refractivity contribution in [1.82, 2.24) is 5.06 Å². The molecular weight excluding hydrogens is 330 g/mol. The lowest BCUT2D eigenvalue weighted by atomic mass is 9.95. The molecule has 2 aromatic rings. The zero-order valence-corrected chi connectivity index (χ0v) is 15.2. The summed E-state index contributed by atoms with van der Waals surface area (Å²) in [7, 11) is 1.68. The van der Waals surface area contributed by atoms with Crippen LogP contribution in [0.5, 0.6) is 5.75 Å². The lowest BCUT2D eigenvalue weighted by Gasteiger charge is -2.33. The molecule has 3 N–H and O–H groups in total. The summed E-state index contributed by atoms with van der Waals surface area (Å²) in [6, 6.07) is 11.4. The molecule has 1 aliphatic heterocycles. The molecule has 6 nitrogen and oxygen atoms in total. The number of carbonyl (C=O) groups is 1. The van der Waals surface area contributed by atoms with E-state index in [9.17, 15) is 10.0 Å². The standard InChI is InChI=1S/C20H25N3O3/c1-14-9-16(13-23(25)20(21)24)10-17-6-4-8-22(19(14)17)12-15-5-3-7-18(11-15)26-2/h3,5,7,9-11,25H,4,6,8,12-13H2,1-2H3,(H2,21,24). The Bertz CT molecular complexity index is 807.